The molecular weight excluding hydrogens is 789 g/mol. The maximum absolute atomic E-state index is 6.74. The molecule has 1 unspecified atom stereocenters. The third-order valence-corrected chi connectivity index (χ3v) is 22.7. The third-order valence-electron chi connectivity index (χ3n) is 13.1. The molecule has 0 radical (unpaired) electrons. The molecule has 304 valence electrons. The van der Waals surface area contributed by atoms with Crippen molar-refractivity contribution in [3.8, 4) is 12.3 Å². The molecule has 1 atom stereocenters. The molecule has 7 aromatic rings. The van der Waals surface area contributed by atoms with Crippen molar-refractivity contribution >= 4 is 54.0 Å². The van der Waals surface area contributed by atoms with Gasteiger partial charge in [-0.1, -0.05) is 256 Å². The number of rotatable bonds is 12. The Bertz CT molecular complexity index is 2870. The van der Waals surface area contributed by atoms with Crippen molar-refractivity contribution < 1.29 is 0 Å². The van der Waals surface area contributed by atoms with E-state index in [1.807, 2.05) is 0 Å². The third kappa shape index (κ3) is 7.65. The molecule has 2 aliphatic heterocycles. The van der Waals surface area contributed by atoms with E-state index in [-0.39, 0.29) is 0 Å². The van der Waals surface area contributed by atoms with Gasteiger partial charge in [-0.05, 0) is 95.0 Å². The Morgan fingerprint density at radius 2 is 0.667 bits per heavy atom. The van der Waals surface area contributed by atoms with E-state index in [0.717, 1.165) is 17.7 Å². The summed E-state index contributed by atoms with van der Waals surface area (Å²) in [7, 11) is -5.49. The Hall–Kier alpha value is -7.03. The highest BCUT2D eigenvalue weighted by atomic mass is 28.3. The molecule has 0 amide bonds. The van der Waals surface area contributed by atoms with Crippen LogP contribution < -0.4 is 0 Å². The minimum Gasteiger partial charge on any atom is -0.115 e. The Labute approximate surface area is 376 Å². The first-order chi connectivity index (χ1) is 31.0. The first-order valence-electron chi connectivity index (χ1n) is 22.2. The van der Waals surface area contributed by atoms with Crippen molar-refractivity contribution in [3.63, 3.8) is 0 Å². The lowest BCUT2D eigenvalue weighted by atomic mass is 9.89. The molecule has 63 heavy (non-hydrogen) atoms. The fourth-order valence-corrected chi connectivity index (χ4v) is 22.4. The van der Waals surface area contributed by atoms with E-state index in [1.165, 1.54) is 82.0 Å². The Morgan fingerprint density at radius 3 is 0.984 bits per heavy atom. The van der Waals surface area contributed by atoms with Crippen LogP contribution in [0.2, 0.25) is 25.2 Å². The number of terminal acetylenes is 1. The fraction of sp³-hybridized carbons (Fsp3) is 0.0820. The summed E-state index contributed by atoms with van der Waals surface area (Å²) in [6.07, 6.45) is 13.2. The summed E-state index contributed by atoms with van der Waals surface area (Å²) < 4.78 is 0. The zero-order chi connectivity index (χ0) is 43.2. The molecule has 2 aliphatic rings. The maximum Gasteiger partial charge on any atom is 0.119 e. The molecule has 0 saturated heterocycles. The molecule has 0 N–H and O–H groups in total. The minimum atomic E-state index is -2.79. The van der Waals surface area contributed by atoms with Crippen LogP contribution in [0.4, 0.5) is 0 Å². The van der Waals surface area contributed by atoms with E-state index in [2.05, 4.69) is 256 Å². The molecule has 9 rings (SSSR count). The molecule has 2 heterocycles. The van der Waals surface area contributed by atoms with Crippen LogP contribution in [-0.4, -0.2) is 16.1 Å². The van der Waals surface area contributed by atoms with Gasteiger partial charge in [-0.25, -0.2) is 0 Å². The second-order valence-electron chi connectivity index (χ2n) is 17.0. The van der Waals surface area contributed by atoms with E-state index >= 15 is 0 Å². The molecular formula is C61H52Si2. The smallest absolute Gasteiger partial charge is 0.115 e. The van der Waals surface area contributed by atoms with Gasteiger partial charge in [-0.3, -0.25) is 0 Å². The van der Waals surface area contributed by atoms with Crippen LogP contribution in [0.15, 0.2) is 241 Å². The lowest BCUT2D eigenvalue weighted by Crippen LogP contribution is -2.40. The summed E-state index contributed by atoms with van der Waals surface area (Å²) in [6, 6.07) is 80.3. The SMILES string of the molecule is C#C/C(=C\C=C/C)C1=C(c2ccccc2)C(c2ccccc2)=C(c2ccccc2)[Si]1(C)CC[Si]1(C)C(c2ccccc2)=C(c2ccccc2)C(c2ccccc2)=C1c1ccccc1. The first kappa shape index (κ1) is 41.3. The van der Waals surface area contributed by atoms with Gasteiger partial charge in [-0.15, -0.1) is 6.42 Å². The predicted molar refractivity (Wildman–Crippen MR) is 277 cm³/mol. The Balaban J connectivity index is 1.38. The van der Waals surface area contributed by atoms with Gasteiger partial charge in [0.1, 0.15) is 16.1 Å². The summed E-state index contributed by atoms with van der Waals surface area (Å²) in [5, 5.41) is 5.82. The minimum absolute atomic E-state index is 0.978. The van der Waals surface area contributed by atoms with Crippen molar-refractivity contribution in [2.75, 3.05) is 0 Å². The zero-order valence-electron chi connectivity index (χ0n) is 36.4. The van der Waals surface area contributed by atoms with Crippen molar-refractivity contribution in [2.24, 2.45) is 0 Å². The highest BCUT2D eigenvalue weighted by Crippen LogP contribution is 2.61. The lowest BCUT2D eigenvalue weighted by Gasteiger charge is -2.37. The van der Waals surface area contributed by atoms with E-state index in [9.17, 15) is 0 Å². The van der Waals surface area contributed by atoms with E-state index in [0.29, 0.717) is 0 Å². The summed E-state index contributed by atoms with van der Waals surface area (Å²) in [4.78, 5) is 0. The lowest BCUT2D eigenvalue weighted by molar-refractivity contribution is 1.31. The van der Waals surface area contributed by atoms with Crippen LogP contribution in [0, 0.1) is 12.3 Å². The highest BCUT2D eigenvalue weighted by molar-refractivity contribution is 7.15. The second kappa shape index (κ2) is 18.1. The fourth-order valence-electron chi connectivity index (χ4n) is 10.5. The number of hydrogen-bond donors (Lipinski definition) is 0. The largest absolute Gasteiger partial charge is 0.119 e. The average molecular weight is 841 g/mol. The Kier molecular flexibility index (Phi) is 11.9. The van der Waals surface area contributed by atoms with Gasteiger partial charge in [-0.2, -0.15) is 0 Å². The topological polar surface area (TPSA) is 0 Å². The van der Waals surface area contributed by atoms with Crippen LogP contribution in [0.1, 0.15) is 45.9 Å². The van der Waals surface area contributed by atoms with E-state index in [1.54, 1.807) is 0 Å². The van der Waals surface area contributed by atoms with E-state index < -0.39 is 16.1 Å². The van der Waals surface area contributed by atoms with Gasteiger partial charge >= 0.3 is 0 Å². The number of hydrogen-bond acceptors (Lipinski definition) is 0. The maximum atomic E-state index is 6.74. The Morgan fingerprint density at radius 1 is 0.397 bits per heavy atom. The van der Waals surface area contributed by atoms with Crippen molar-refractivity contribution in [2.45, 2.75) is 32.1 Å². The van der Waals surface area contributed by atoms with Crippen LogP contribution in [0.5, 0.6) is 0 Å². The van der Waals surface area contributed by atoms with Gasteiger partial charge in [0.05, 0.1) is 0 Å². The first-order valence-corrected chi connectivity index (χ1v) is 27.6. The standard InChI is InChI=1S/C61H52Si2/c1-5-7-29-46(6-2)58-54(47-30-15-8-16-31-47)55(48-32-17-9-18-33-48)59(51-38-23-12-24-39-51)62(58,3)44-45-63(4)60(52-40-25-13-26-41-52)56(49-34-19-10-20-35-49)57(50-36-21-11-22-37-50)61(63)53-42-27-14-28-43-53/h2,5,7-43H,44-45H2,1,3-4H3/b7-5-,46-29+. The molecule has 0 aliphatic carbocycles. The van der Waals surface area contributed by atoms with Crippen LogP contribution in [-0.2, 0) is 0 Å². The molecule has 0 fully saturated rings. The summed E-state index contributed by atoms with van der Waals surface area (Å²) in [5.74, 6) is 3.29. The molecule has 0 saturated carbocycles. The second-order valence-corrected chi connectivity index (χ2v) is 25.3. The van der Waals surface area contributed by atoms with Gasteiger partial charge in [0.25, 0.3) is 0 Å². The number of allylic oxidation sites excluding steroid dienone is 9. The van der Waals surface area contributed by atoms with Crippen molar-refractivity contribution in [1.29, 1.82) is 0 Å². The molecule has 0 nitrogen and oxygen atoms in total. The molecule has 2 heteroatoms. The zero-order valence-corrected chi connectivity index (χ0v) is 38.4. The molecule has 0 aromatic heterocycles. The molecule has 0 bridgehead atoms. The monoisotopic (exact) mass is 840 g/mol. The summed E-state index contributed by atoms with van der Waals surface area (Å²) in [5.41, 5.74) is 15.1. The summed E-state index contributed by atoms with van der Waals surface area (Å²) in [6.45, 7) is 7.37. The van der Waals surface area contributed by atoms with Gasteiger partial charge in [0, 0.05) is 5.57 Å². The number of benzene rings is 7. The van der Waals surface area contributed by atoms with Crippen LogP contribution in [0.3, 0.4) is 0 Å². The normalized spacial score (nSPS) is 17.5. The van der Waals surface area contributed by atoms with Crippen LogP contribution >= 0.6 is 0 Å². The highest BCUT2D eigenvalue weighted by Gasteiger charge is 2.52. The summed E-state index contributed by atoms with van der Waals surface area (Å²) >= 11 is 0. The van der Waals surface area contributed by atoms with Crippen molar-refractivity contribution in [3.05, 3.63) is 280 Å². The van der Waals surface area contributed by atoms with Crippen molar-refractivity contribution in [1.82, 2.24) is 0 Å². The van der Waals surface area contributed by atoms with Crippen LogP contribution in [0.25, 0.3) is 37.9 Å². The quantitative estimate of drug-likeness (QED) is 0.0653. The van der Waals surface area contributed by atoms with Gasteiger partial charge in [0.2, 0.25) is 0 Å². The predicted octanol–water partition coefficient (Wildman–Crippen LogP) is 15.8. The molecule has 0 spiro atoms. The van der Waals surface area contributed by atoms with E-state index in [4.69, 9.17) is 6.42 Å². The molecule has 7 aromatic carbocycles. The van der Waals surface area contributed by atoms with Gasteiger partial charge < -0.3 is 0 Å². The van der Waals surface area contributed by atoms with Gasteiger partial charge in [0.15, 0.2) is 0 Å². The average Bonchev–Trinajstić information content (AvgIpc) is 3.79.